The average Bonchev–Trinajstić information content (AvgIpc) is 2.17. The van der Waals surface area contributed by atoms with Crippen molar-refractivity contribution in [1.82, 2.24) is 0 Å². The van der Waals surface area contributed by atoms with E-state index in [1.807, 2.05) is 6.07 Å². The fourth-order valence-electron chi connectivity index (χ4n) is 2.20. The molecule has 2 aromatic carbocycles. The molecule has 0 saturated carbocycles. The van der Waals surface area contributed by atoms with E-state index in [1.165, 1.54) is 21.9 Å². The Bertz CT molecular complexity index is 498. The third-order valence-electron chi connectivity index (χ3n) is 2.93. The lowest BCUT2D eigenvalue weighted by molar-refractivity contribution is 0.879. The fourth-order valence-corrected chi connectivity index (χ4v) is 2.20. The lowest BCUT2D eigenvalue weighted by atomic mass is 9.93. The molecule has 0 unspecified atom stereocenters. The molecule has 0 bridgehead atoms. The van der Waals surface area contributed by atoms with Gasteiger partial charge < -0.3 is 5.73 Å². The first-order valence-electron chi connectivity index (χ1n) is 5.39. The summed E-state index contributed by atoms with van der Waals surface area (Å²) in [5.41, 5.74) is 9.53. The highest BCUT2D eigenvalue weighted by Crippen LogP contribution is 2.31. The van der Waals surface area contributed by atoms with E-state index in [1.54, 1.807) is 0 Å². The van der Waals surface area contributed by atoms with E-state index in [9.17, 15) is 0 Å². The van der Waals surface area contributed by atoms with Crippen molar-refractivity contribution in [3.8, 4) is 0 Å². The van der Waals surface area contributed by atoms with Crippen molar-refractivity contribution in [2.24, 2.45) is 0 Å². The van der Waals surface area contributed by atoms with Gasteiger partial charge in [-0.25, -0.2) is 0 Å². The van der Waals surface area contributed by atoms with Gasteiger partial charge in [0.05, 0.1) is 0 Å². The summed E-state index contributed by atoms with van der Waals surface area (Å²) in [6.07, 6.45) is 0. The van der Waals surface area contributed by atoms with Gasteiger partial charge >= 0.3 is 0 Å². The van der Waals surface area contributed by atoms with E-state index < -0.39 is 0 Å². The van der Waals surface area contributed by atoms with Crippen LogP contribution >= 0.6 is 0 Å². The number of aryl methyl sites for hydroxylation is 1. The highest BCUT2D eigenvalue weighted by atomic mass is 14.6. The zero-order valence-electron chi connectivity index (χ0n) is 9.54. The monoisotopic (exact) mass is 199 g/mol. The minimum atomic E-state index is 0.468. The Morgan fingerprint density at radius 1 is 1.00 bits per heavy atom. The molecule has 1 heteroatoms. The largest absolute Gasteiger partial charge is 0.398 e. The third kappa shape index (κ3) is 1.58. The normalized spacial score (nSPS) is 11.2. The number of hydrogen-bond acceptors (Lipinski definition) is 1. The van der Waals surface area contributed by atoms with Crippen molar-refractivity contribution in [2.75, 3.05) is 5.73 Å². The molecule has 78 valence electrons. The summed E-state index contributed by atoms with van der Waals surface area (Å²) in [7, 11) is 0. The van der Waals surface area contributed by atoms with Gasteiger partial charge in [0.2, 0.25) is 0 Å². The second-order valence-corrected chi connectivity index (χ2v) is 4.39. The molecule has 2 N–H and O–H groups in total. The van der Waals surface area contributed by atoms with Crippen molar-refractivity contribution < 1.29 is 0 Å². The van der Waals surface area contributed by atoms with Crippen molar-refractivity contribution in [1.29, 1.82) is 0 Å². The Kier molecular flexibility index (Phi) is 2.39. The molecular weight excluding hydrogens is 182 g/mol. The number of anilines is 1. The molecule has 0 aliphatic heterocycles. The van der Waals surface area contributed by atoms with E-state index in [4.69, 9.17) is 5.73 Å². The molecule has 2 rings (SSSR count). The first-order valence-corrected chi connectivity index (χ1v) is 5.39. The number of nitrogens with two attached hydrogens (primary N) is 1. The van der Waals surface area contributed by atoms with Crippen molar-refractivity contribution in [2.45, 2.75) is 26.7 Å². The van der Waals surface area contributed by atoms with Crippen molar-refractivity contribution in [3.05, 3.63) is 41.5 Å². The average molecular weight is 199 g/mol. The summed E-state index contributed by atoms with van der Waals surface area (Å²) >= 11 is 0. The van der Waals surface area contributed by atoms with Crippen molar-refractivity contribution >= 4 is 16.5 Å². The Balaban J connectivity index is 2.88. The molecule has 0 heterocycles. The summed E-state index contributed by atoms with van der Waals surface area (Å²) in [5, 5.41) is 2.61. The Labute approximate surface area is 90.9 Å². The number of benzene rings is 2. The Morgan fingerprint density at radius 3 is 2.40 bits per heavy atom. The zero-order chi connectivity index (χ0) is 11.0. The molecular formula is C14H17N. The molecule has 2 aromatic rings. The Morgan fingerprint density at radius 2 is 1.73 bits per heavy atom. The lowest BCUT2D eigenvalue weighted by Gasteiger charge is -2.14. The minimum absolute atomic E-state index is 0.468. The number of hydrogen-bond donors (Lipinski definition) is 1. The molecule has 0 spiro atoms. The van der Waals surface area contributed by atoms with Crippen LogP contribution in [0, 0.1) is 6.92 Å². The maximum Gasteiger partial charge on any atom is 0.0355 e. The topological polar surface area (TPSA) is 26.0 Å². The van der Waals surface area contributed by atoms with Crippen LogP contribution in [0.15, 0.2) is 30.3 Å². The van der Waals surface area contributed by atoms with Gasteiger partial charge in [0, 0.05) is 5.69 Å². The quantitative estimate of drug-likeness (QED) is 0.693. The van der Waals surface area contributed by atoms with Gasteiger partial charge in [-0.15, -0.1) is 0 Å². The lowest BCUT2D eigenvalue weighted by Crippen LogP contribution is -1.98. The van der Waals surface area contributed by atoms with Gasteiger partial charge in [0.15, 0.2) is 0 Å². The molecule has 0 amide bonds. The summed E-state index contributed by atoms with van der Waals surface area (Å²) in [4.78, 5) is 0. The van der Waals surface area contributed by atoms with Crippen LogP contribution in [0.2, 0.25) is 0 Å². The maximum absolute atomic E-state index is 6.04. The molecule has 0 aliphatic rings. The second kappa shape index (κ2) is 3.58. The predicted molar refractivity (Wildman–Crippen MR) is 67.2 cm³/mol. The van der Waals surface area contributed by atoms with E-state index in [0.29, 0.717) is 5.92 Å². The molecule has 0 radical (unpaired) electrons. The van der Waals surface area contributed by atoms with E-state index in [-0.39, 0.29) is 0 Å². The van der Waals surface area contributed by atoms with Crippen LogP contribution in [0.3, 0.4) is 0 Å². The van der Waals surface area contributed by atoms with Crippen LogP contribution in [0.25, 0.3) is 10.8 Å². The molecule has 15 heavy (non-hydrogen) atoms. The van der Waals surface area contributed by atoms with E-state index >= 15 is 0 Å². The molecule has 1 nitrogen and oxygen atoms in total. The third-order valence-corrected chi connectivity index (χ3v) is 2.93. The zero-order valence-corrected chi connectivity index (χ0v) is 9.54. The van der Waals surface area contributed by atoms with Crippen molar-refractivity contribution in [3.63, 3.8) is 0 Å². The van der Waals surface area contributed by atoms with Gasteiger partial charge in [0.1, 0.15) is 0 Å². The van der Waals surface area contributed by atoms with E-state index in [2.05, 4.69) is 45.0 Å². The van der Waals surface area contributed by atoms with E-state index in [0.717, 1.165) is 5.69 Å². The van der Waals surface area contributed by atoms with Crippen LogP contribution in [0.1, 0.15) is 30.9 Å². The van der Waals surface area contributed by atoms with Gasteiger partial charge in [-0.05, 0) is 40.8 Å². The standard InChI is InChI=1S/C14H17N/c1-9(2)14-12-6-4-5-10(3)11(12)7-8-13(14)15/h4-9H,15H2,1-3H3. The molecule has 0 saturated heterocycles. The van der Waals surface area contributed by atoms with Crippen LogP contribution in [0.4, 0.5) is 5.69 Å². The molecule has 0 fully saturated rings. The summed E-state index contributed by atoms with van der Waals surface area (Å²) in [5.74, 6) is 0.468. The molecule has 0 atom stereocenters. The van der Waals surface area contributed by atoms with Crippen LogP contribution in [0.5, 0.6) is 0 Å². The molecule has 0 aliphatic carbocycles. The fraction of sp³-hybridized carbons (Fsp3) is 0.286. The molecule has 0 aromatic heterocycles. The van der Waals surface area contributed by atoms with Gasteiger partial charge in [0.25, 0.3) is 0 Å². The SMILES string of the molecule is Cc1cccc2c(C(C)C)c(N)ccc12. The van der Waals surface area contributed by atoms with Gasteiger partial charge in [-0.2, -0.15) is 0 Å². The first kappa shape index (κ1) is 10.0. The van der Waals surface area contributed by atoms with Crippen LogP contribution < -0.4 is 5.73 Å². The summed E-state index contributed by atoms with van der Waals surface area (Å²) in [6.45, 7) is 6.52. The first-order chi connectivity index (χ1) is 7.11. The predicted octanol–water partition coefficient (Wildman–Crippen LogP) is 3.85. The summed E-state index contributed by atoms with van der Waals surface area (Å²) < 4.78 is 0. The highest BCUT2D eigenvalue weighted by molar-refractivity contribution is 5.92. The number of rotatable bonds is 1. The van der Waals surface area contributed by atoms with Crippen LogP contribution in [-0.2, 0) is 0 Å². The summed E-state index contributed by atoms with van der Waals surface area (Å²) in [6, 6.07) is 10.5. The van der Waals surface area contributed by atoms with Gasteiger partial charge in [-0.3, -0.25) is 0 Å². The smallest absolute Gasteiger partial charge is 0.0355 e. The number of fused-ring (bicyclic) bond motifs is 1. The minimum Gasteiger partial charge on any atom is -0.398 e. The highest BCUT2D eigenvalue weighted by Gasteiger charge is 2.09. The Hall–Kier alpha value is -1.50. The number of nitrogen functional groups attached to an aromatic ring is 1. The van der Waals surface area contributed by atoms with Gasteiger partial charge in [-0.1, -0.05) is 38.1 Å². The van der Waals surface area contributed by atoms with Crippen LogP contribution in [-0.4, -0.2) is 0 Å². The maximum atomic E-state index is 6.04. The second-order valence-electron chi connectivity index (χ2n) is 4.39.